The van der Waals surface area contributed by atoms with Crippen molar-refractivity contribution < 1.29 is 27.9 Å². The van der Waals surface area contributed by atoms with E-state index in [1.54, 1.807) is 36.5 Å². The summed E-state index contributed by atoms with van der Waals surface area (Å²) in [6, 6.07) is 14.4. The minimum Gasteiger partial charge on any atom is -0.507 e. The van der Waals surface area contributed by atoms with E-state index in [-0.39, 0.29) is 22.6 Å². The molecular weight excluding hydrogens is 385 g/mol. The van der Waals surface area contributed by atoms with Crippen molar-refractivity contribution >= 4 is 28.3 Å². The lowest BCUT2D eigenvalue weighted by Gasteiger charge is -2.13. The number of fused-ring (bicyclic) bond motifs is 1. The summed E-state index contributed by atoms with van der Waals surface area (Å²) in [5.74, 6) is -1.73. The number of phenols is 1. The Morgan fingerprint density at radius 3 is 2.28 bits per heavy atom. The first-order valence-electron chi connectivity index (χ1n) is 8.63. The average molecular weight is 402 g/mol. The van der Waals surface area contributed by atoms with Crippen molar-refractivity contribution in [1.29, 1.82) is 0 Å². The molecule has 29 heavy (non-hydrogen) atoms. The summed E-state index contributed by atoms with van der Waals surface area (Å²) in [5.41, 5.74) is 0.862. The van der Waals surface area contributed by atoms with Crippen LogP contribution in [0.25, 0.3) is 10.8 Å². The Balaban J connectivity index is 1.83. The van der Waals surface area contributed by atoms with Gasteiger partial charge in [-0.15, -0.1) is 0 Å². The van der Waals surface area contributed by atoms with Gasteiger partial charge in [-0.3, -0.25) is 9.59 Å². The van der Waals surface area contributed by atoms with Gasteiger partial charge in [0.25, 0.3) is 11.8 Å². The van der Waals surface area contributed by atoms with Crippen LogP contribution in [0.4, 0.5) is 18.9 Å². The van der Waals surface area contributed by atoms with Crippen LogP contribution in [0.5, 0.6) is 5.75 Å². The predicted octanol–water partition coefficient (Wildman–Crippen LogP) is 4.40. The second kappa shape index (κ2) is 7.83. The molecule has 2 amide bonds. The number of rotatable bonds is 4. The molecule has 0 aliphatic heterocycles. The third kappa shape index (κ3) is 4.84. The monoisotopic (exact) mass is 402 g/mol. The van der Waals surface area contributed by atoms with Crippen LogP contribution >= 0.6 is 0 Å². The fourth-order valence-electron chi connectivity index (χ4n) is 2.78. The molecule has 3 N–H and O–H groups in total. The maximum absolute atomic E-state index is 12.6. The molecule has 0 radical (unpaired) electrons. The van der Waals surface area contributed by atoms with Crippen LogP contribution < -0.4 is 10.6 Å². The summed E-state index contributed by atoms with van der Waals surface area (Å²) < 4.78 is 36.9. The molecule has 3 aromatic carbocycles. The Hall–Kier alpha value is -3.55. The molecule has 0 aliphatic carbocycles. The van der Waals surface area contributed by atoms with Crippen LogP contribution in [-0.4, -0.2) is 29.6 Å². The van der Waals surface area contributed by atoms with Crippen LogP contribution in [0, 0.1) is 6.92 Å². The smallest absolute Gasteiger partial charge is 0.405 e. The van der Waals surface area contributed by atoms with Gasteiger partial charge in [-0.2, -0.15) is 13.2 Å². The third-order valence-corrected chi connectivity index (χ3v) is 4.31. The lowest BCUT2D eigenvalue weighted by atomic mass is 10.0. The summed E-state index contributed by atoms with van der Waals surface area (Å²) in [4.78, 5) is 24.6. The van der Waals surface area contributed by atoms with Crippen LogP contribution in [0.15, 0.2) is 54.6 Å². The van der Waals surface area contributed by atoms with Gasteiger partial charge in [0, 0.05) is 11.3 Å². The fraction of sp³-hybridized carbons (Fsp3) is 0.143. The number of aromatic hydroxyl groups is 1. The van der Waals surface area contributed by atoms with E-state index in [1.165, 1.54) is 30.3 Å². The van der Waals surface area contributed by atoms with Crippen molar-refractivity contribution in [3.05, 3.63) is 71.3 Å². The van der Waals surface area contributed by atoms with Crippen LogP contribution in [-0.2, 0) is 0 Å². The highest BCUT2D eigenvalue weighted by Crippen LogP contribution is 2.26. The van der Waals surface area contributed by atoms with Gasteiger partial charge in [-0.25, -0.2) is 0 Å². The second-order valence-corrected chi connectivity index (χ2v) is 6.50. The SMILES string of the molecule is Cc1ccc(C(=O)NCC(F)(F)F)cc1NC(=O)c1cc2ccccc2cc1O. The number of carbonyl (C=O) groups excluding carboxylic acids is 2. The van der Waals surface area contributed by atoms with E-state index < -0.39 is 24.5 Å². The Morgan fingerprint density at radius 2 is 1.62 bits per heavy atom. The third-order valence-electron chi connectivity index (χ3n) is 4.31. The van der Waals surface area contributed by atoms with Gasteiger partial charge < -0.3 is 15.7 Å². The highest BCUT2D eigenvalue weighted by atomic mass is 19.4. The number of anilines is 1. The number of hydrogen-bond donors (Lipinski definition) is 3. The Bertz CT molecular complexity index is 1090. The minimum atomic E-state index is -4.52. The molecule has 0 heterocycles. The summed E-state index contributed by atoms with van der Waals surface area (Å²) in [5, 5.41) is 16.1. The summed E-state index contributed by atoms with van der Waals surface area (Å²) in [7, 11) is 0. The lowest BCUT2D eigenvalue weighted by Crippen LogP contribution is -2.33. The van der Waals surface area contributed by atoms with E-state index in [1.807, 2.05) is 0 Å². The molecule has 0 fully saturated rings. The van der Waals surface area contributed by atoms with Crippen molar-refractivity contribution in [1.82, 2.24) is 5.32 Å². The molecule has 0 saturated heterocycles. The van der Waals surface area contributed by atoms with E-state index in [0.717, 1.165) is 10.8 Å². The van der Waals surface area contributed by atoms with Gasteiger partial charge in [0.1, 0.15) is 12.3 Å². The molecule has 3 rings (SSSR count). The van der Waals surface area contributed by atoms with Gasteiger partial charge in [0.05, 0.1) is 5.56 Å². The largest absolute Gasteiger partial charge is 0.507 e. The molecule has 0 saturated carbocycles. The number of aryl methyl sites for hydroxylation is 1. The molecule has 0 aromatic heterocycles. The van der Waals surface area contributed by atoms with Crippen molar-refractivity contribution in [2.24, 2.45) is 0 Å². The molecule has 0 bridgehead atoms. The number of carbonyl (C=O) groups is 2. The van der Waals surface area contributed by atoms with Crippen molar-refractivity contribution in [3.8, 4) is 5.75 Å². The predicted molar refractivity (Wildman–Crippen MR) is 103 cm³/mol. The van der Waals surface area contributed by atoms with Gasteiger partial charge in [-0.05, 0) is 47.5 Å². The van der Waals surface area contributed by atoms with E-state index in [2.05, 4.69) is 5.32 Å². The quantitative estimate of drug-likeness (QED) is 0.605. The average Bonchev–Trinajstić information content (AvgIpc) is 2.66. The van der Waals surface area contributed by atoms with Gasteiger partial charge >= 0.3 is 6.18 Å². The number of nitrogens with one attached hydrogen (secondary N) is 2. The maximum Gasteiger partial charge on any atom is 0.405 e. The van der Waals surface area contributed by atoms with Crippen LogP contribution in [0.2, 0.25) is 0 Å². The number of halogens is 3. The summed E-state index contributed by atoms with van der Waals surface area (Å²) >= 11 is 0. The zero-order chi connectivity index (χ0) is 21.2. The Kier molecular flexibility index (Phi) is 5.45. The highest BCUT2D eigenvalue weighted by molar-refractivity contribution is 6.09. The van der Waals surface area contributed by atoms with Gasteiger partial charge in [0.2, 0.25) is 0 Å². The minimum absolute atomic E-state index is 0.0297. The number of alkyl halides is 3. The number of phenolic OH excluding ortho intramolecular Hbond substituents is 1. The Labute approximate surface area is 164 Å². The first kappa shape index (κ1) is 20.2. The zero-order valence-corrected chi connectivity index (χ0v) is 15.3. The Morgan fingerprint density at radius 1 is 0.966 bits per heavy atom. The molecule has 3 aromatic rings. The number of benzene rings is 3. The van der Waals surface area contributed by atoms with Crippen molar-refractivity contribution in [3.63, 3.8) is 0 Å². The summed E-state index contributed by atoms with van der Waals surface area (Å²) in [6.45, 7) is 0.222. The van der Waals surface area contributed by atoms with E-state index in [9.17, 15) is 27.9 Å². The van der Waals surface area contributed by atoms with Crippen LogP contribution in [0.3, 0.4) is 0 Å². The zero-order valence-electron chi connectivity index (χ0n) is 15.3. The van der Waals surface area contributed by atoms with E-state index in [4.69, 9.17) is 0 Å². The van der Waals surface area contributed by atoms with E-state index >= 15 is 0 Å². The standard InChI is InChI=1S/C21H17F3N2O3/c1-12-6-7-15(19(28)25-11-21(22,23)24)9-17(12)26-20(29)16-8-13-4-2-3-5-14(13)10-18(16)27/h2-10,27H,11H2,1H3,(H,25,28)(H,26,29). The number of hydrogen-bond acceptors (Lipinski definition) is 3. The lowest BCUT2D eigenvalue weighted by molar-refractivity contribution is -0.123. The normalized spacial score (nSPS) is 11.3. The second-order valence-electron chi connectivity index (χ2n) is 6.50. The maximum atomic E-state index is 12.6. The first-order valence-corrected chi connectivity index (χ1v) is 8.63. The molecule has 0 aliphatic rings. The molecule has 8 heteroatoms. The molecule has 5 nitrogen and oxygen atoms in total. The number of amides is 2. The first-order chi connectivity index (χ1) is 13.6. The van der Waals surface area contributed by atoms with Crippen LogP contribution in [0.1, 0.15) is 26.3 Å². The fourth-order valence-corrected chi connectivity index (χ4v) is 2.78. The highest BCUT2D eigenvalue weighted by Gasteiger charge is 2.28. The van der Waals surface area contributed by atoms with Crippen molar-refractivity contribution in [2.75, 3.05) is 11.9 Å². The topological polar surface area (TPSA) is 78.4 Å². The van der Waals surface area contributed by atoms with E-state index in [0.29, 0.717) is 5.56 Å². The summed E-state index contributed by atoms with van der Waals surface area (Å²) in [6.07, 6.45) is -4.52. The van der Waals surface area contributed by atoms with Gasteiger partial charge in [0.15, 0.2) is 0 Å². The molecule has 0 spiro atoms. The molecular formula is C21H17F3N2O3. The van der Waals surface area contributed by atoms with Crippen molar-refractivity contribution in [2.45, 2.75) is 13.1 Å². The molecule has 0 unspecified atom stereocenters. The molecule has 0 atom stereocenters. The van der Waals surface area contributed by atoms with Gasteiger partial charge in [-0.1, -0.05) is 30.3 Å². The molecule has 150 valence electrons.